The lowest BCUT2D eigenvalue weighted by atomic mass is 9.87. The minimum absolute atomic E-state index is 0.0921. The first-order valence-electron chi connectivity index (χ1n) is 16.1. The minimum atomic E-state index is -0.737. The van der Waals surface area contributed by atoms with Crippen LogP contribution in [-0.4, -0.2) is 49.6 Å². The first-order chi connectivity index (χ1) is 22.4. The number of likely N-dealkylation sites (N-methyl/N-ethyl adjacent to an activating group) is 2. The van der Waals surface area contributed by atoms with Crippen molar-refractivity contribution in [3.63, 3.8) is 0 Å². The van der Waals surface area contributed by atoms with E-state index < -0.39 is 12.2 Å². The van der Waals surface area contributed by atoms with E-state index in [4.69, 9.17) is 9.47 Å². The second-order valence-electron chi connectivity index (χ2n) is 12.8. The summed E-state index contributed by atoms with van der Waals surface area (Å²) >= 11 is 0. The third-order valence-corrected chi connectivity index (χ3v) is 9.99. The van der Waals surface area contributed by atoms with E-state index in [0.29, 0.717) is 0 Å². The van der Waals surface area contributed by atoms with Gasteiger partial charge in [0.2, 0.25) is 0 Å². The van der Waals surface area contributed by atoms with E-state index >= 15 is 0 Å². The Morgan fingerprint density at radius 1 is 0.565 bits per heavy atom. The highest BCUT2D eigenvalue weighted by Gasteiger charge is 2.44. The van der Waals surface area contributed by atoms with E-state index in [0.717, 1.165) is 70.4 Å². The number of fused-ring (bicyclic) bond motifs is 10. The normalized spacial score (nSPS) is 28.7. The predicted molar refractivity (Wildman–Crippen MR) is 172 cm³/mol. The van der Waals surface area contributed by atoms with Gasteiger partial charge in [-0.1, -0.05) is 60.7 Å². The van der Waals surface area contributed by atoms with Gasteiger partial charge in [0.05, 0.1) is 24.4 Å². The Hall–Kier alpha value is -3.50. The van der Waals surface area contributed by atoms with Gasteiger partial charge >= 0.3 is 0 Å². The van der Waals surface area contributed by atoms with Gasteiger partial charge in [0.25, 0.3) is 0 Å². The van der Waals surface area contributed by atoms with Gasteiger partial charge in [-0.2, -0.15) is 0 Å². The number of halogens is 2. The molecule has 4 aliphatic rings. The fourth-order valence-electron chi connectivity index (χ4n) is 8.02. The maximum Gasteiger partial charge on any atom is 0.123 e. The van der Waals surface area contributed by atoms with Crippen LogP contribution in [0.15, 0.2) is 84.9 Å². The van der Waals surface area contributed by atoms with Crippen molar-refractivity contribution in [3.8, 4) is 0 Å². The van der Waals surface area contributed by atoms with E-state index in [1.807, 2.05) is 50.5 Å². The fraction of sp³-hybridized carbons (Fsp3) is 0.368. The Morgan fingerprint density at radius 2 is 0.935 bits per heavy atom. The Kier molecular flexibility index (Phi) is 8.76. The molecule has 0 unspecified atom stereocenters. The van der Waals surface area contributed by atoms with Gasteiger partial charge in [-0.15, -0.1) is 0 Å². The highest BCUT2D eigenvalue weighted by molar-refractivity contribution is 5.49. The third-order valence-electron chi connectivity index (χ3n) is 9.99. The lowest BCUT2D eigenvalue weighted by Gasteiger charge is -2.19. The van der Waals surface area contributed by atoms with Crippen molar-refractivity contribution < 1.29 is 28.5 Å². The van der Waals surface area contributed by atoms with Crippen LogP contribution >= 0.6 is 0 Å². The number of hydrogen-bond acceptors (Lipinski definition) is 6. The van der Waals surface area contributed by atoms with Gasteiger partial charge in [0.15, 0.2) is 0 Å². The fourth-order valence-corrected chi connectivity index (χ4v) is 8.02. The Balaban J connectivity index is 0.000000147. The van der Waals surface area contributed by atoms with Gasteiger partial charge in [-0.05, 0) is 95.7 Å². The highest BCUT2D eigenvalue weighted by Crippen LogP contribution is 2.53. The van der Waals surface area contributed by atoms with E-state index in [9.17, 15) is 19.0 Å². The summed E-state index contributed by atoms with van der Waals surface area (Å²) in [4.78, 5) is 0. The quantitative estimate of drug-likeness (QED) is 0.219. The van der Waals surface area contributed by atoms with Crippen LogP contribution in [0.5, 0.6) is 0 Å². The average molecular weight is 627 g/mol. The molecule has 6 nitrogen and oxygen atoms in total. The number of aliphatic hydroxyl groups is 2. The standard InChI is InChI=1S/2C19H20FNO2/c2*1-21-10-12-9-17-13-4-2-3-5-14(13)18(22)15-7-6-11(20)8-16(15)19(17)23-12/h2*2-8,12,17-19,21-22H,9-10H2,1H3/t12-,17-,18+,19-;12-,17-,18-,19-/m11/s1. The van der Waals surface area contributed by atoms with Crippen LogP contribution in [0.2, 0.25) is 0 Å². The average Bonchev–Trinajstić information content (AvgIpc) is 3.65. The van der Waals surface area contributed by atoms with Crippen molar-refractivity contribution in [1.82, 2.24) is 10.6 Å². The monoisotopic (exact) mass is 626 g/mol. The van der Waals surface area contributed by atoms with Crippen molar-refractivity contribution in [1.29, 1.82) is 0 Å². The zero-order chi connectivity index (χ0) is 31.9. The number of nitrogens with one attached hydrogen (secondary N) is 2. The molecule has 0 spiro atoms. The summed E-state index contributed by atoms with van der Waals surface area (Å²) < 4.78 is 40.1. The molecule has 4 aromatic carbocycles. The topological polar surface area (TPSA) is 83.0 Å². The van der Waals surface area contributed by atoms with Gasteiger partial charge in [-0.25, -0.2) is 8.78 Å². The van der Waals surface area contributed by atoms with Crippen LogP contribution in [0.3, 0.4) is 0 Å². The Labute approximate surface area is 268 Å². The third kappa shape index (κ3) is 5.57. The van der Waals surface area contributed by atoms with Crippen LogP contribution in [0.1, 0.15) is 93.6 Å². The lowest BCUT2D eigenvalue weighted by Crippen LogP contribution is -2.23. The maximum atomic E-state index is 13.8. The molecule has 8 heteroatoms. The predicted octanol–water partition coefficient (Wildman–Crippen LogP) is 6.11. The van der Waals surface area contributed by atoms with Gasteiger partial charge < -0.3 is 30.3 Å². The molecule has 2 fully saturated rings. The second-order valence-corrected chi connectivity index (χ2v) is 12.8. The molecular formula is C38H40F2N2O4. The van der Waals surface area contributed by atoms with Crippen LogP contribution in [0, 0.1) is 11.6 Å². The Morgan fingerprint density at radius 3 is 1.33 bits per heavy atom. The van der Waals surface area contributed by atoms with Gasteiger partial charge in [0, 0.05) is 24.9 Å². The van der Waals surface area contributed by atoms with E-state index in [1.165, 1.54) is 24.3 Å². The van der Waals surface area contributed by atoms with E-state index in [1.54, 1.807) is 12.1 Å². The van der Waals surface area contributed by atoms with Crippen LogP contribution in [-0.2, 0) is 9.47 Å². The zero-order valence-corrected chi connectivity index (χ0v) is 26.0. The molecule has 4 N–H and O–H groups in total. The van der Waals surface area contributed by atoms with E-state index in [-0.39, 0.29) is 47.9 Å². The molecule has 2 aliphatic heterocycles. The van der Waals surface area contributed by atoms with Gasteiger partial charge in [-0.3, -0.25) is 0 Å². The number of rotatable bonds is 4. The molecule has 2 saturated heterocycles. The smallest absolute Gasteiger partial charge is 0.123 e. The van der Waals surface area contributed by atoms with Crippen molar-refractivity contribution in [2.75, 3.05) is 27.2 Å². The van der Waals surface area contributed by atoms with Crippen molar-refractivity contribution in [2.45, 2.75) is 61.3 Å². The molecule has 2 aliphatic carbocycles. The van der Waals surface area contributed by atoms with Crippen molar-refractivity contribution in [3.05, 3.63) is 141 Å². The summed E-state index contributed by atoms with van der Waals surface area (Å²) in [6, 6.07) is 25.1. The van der Waals surface area contributed by atoms with Crippen molar-refractivity contribution >= 4 is 0 Å². The maximum absolute atomic E-state index is 13.8. The molecule has 8 atom stereocenters. The molecule has 0 bridgehead atoms. The first-order valence-corrected chi connectivity index (χ1v) is 16.1. The summed E-state index contributed by atoms with van der Waals surface area (Å²) in [5, 5.41) is 27.9. The first kappa shape index (κ1) is 31.1. The number of hydrogen-bond donors (Lipinski definition) is 4. The van der Waals surface area contributed by atoms with Crippen LogP contribution < -0.4 is 10.6 Å². The zero-order valence-electron chi connectivity index (χ0n) is 26.0. The number of ether oxygens (including phenoxy) is 2. The van der Waals surface area contributed by atoms with Crippen molar-refractivity contribution in [2.24, 2.45) is 0 Å². The molecular weight excluding hydrogens is 586 g/mol. The summed E-state index contributed by atoms with van der Waals surface area (Å²) in [5.74, 6) is -0.299. The summed E-state index contributed by atoms with van der Waals surface area (Å²) in [7, 11) is 3.81. The van der Waals surface area contributed by atoms with Crippen LogP contribution in [0.4, 0.5) is 8.78 Å². The number of benzene rings is 4. The lowest BCUT2D eigenvalue weighted by molar-refractivity contribution is 0.0411. The number of aliphatic hydroxyl groups excluding tert-OH is 2. The SMILES string of the molecule is CNC[C@H]1C[C@@H]2c3ccccc3[C@@H](O)c3ccc(F)cc3[C@H]2O1.CNC[C@H]1C[C@@H]2c3ccccc3[C@H](O)c3ccc(F)cc3[C@H]2O1. The van der Waals surface area contributed by atoms with E-state index in [2.05, 4.69) is 22.8 Å². The molecule has 4 aromatic rings. The van der Waals surface area contributed by atoms with Gasteiger partial charge in [0.1, 0.15) is 23.8 Å². The molecule has 8 rings (SSSR count). The van der Waals surface area contributed by atoms with Crippen LogP contribution in [0.25, 0.3) is 0 Å². The summed E-state index contributed by atoms with van der Waals surface area (Å²) in [5.41, 5.74) is 7.08. The summed E-state index contributed by atoms with van der Waals surface area (Å²) in [6.45, 7) is 1.53. The highest BCUT2D eigenvalue weighted by atomic mass is 19.1. The molecule has 46 heavy (non-hydrogen) atoms. The molecule has 240 valence electrons. The molecule has 2 heterocycles. The molecule has 0 saturated carbocycles. The second kappa shape index (κ2) is 13.0. The largest absolute Gasteiger partial charge is 0.384 e. The molecule has 0 radical (unpaired) electrons. The molecule has 0 aromatic heterocycles. The summed E-state index contributed by atoms with van der Waals surface area (Å²) in [6.07, 6.45) is 0.0205. The Bertz CT molecular complexity index is 1590. The molecule has 0 amide bonds. The minimum Gasteiger partial charge on any atom is -0.384 e.